The number of aliphatic hydroxyl groups is 2. The average molecular weight is 345 g/mol. The van der Waals surface area contributed by atoms with Gasteiger partial charge in [0.2, 0.25) is 5.91 Å². The molecule has 0 bridgehead atoms. The summed E-state index contributed by atoms with van der Waals surface area (Å²) in [6.45, 7) is 4.42. The van der Waals surface area contributed by atoms with Crippen LogP contribution in [0.4, 0.5) is 0 Å². The second-order valence-electron chi connectivity index (χ2n) is 5.85. The van der Waals surface area contributed by atoms with Crippen LogP contribution < -0.4 is 15.4 Å². The number of ether oxygens (including phenoxy) is 1. The minimum atomic E-state index is -0.800. The fourth-order valence-corrected chi connectivity index (χ4v) is 2.42. The molecule has 1 amide bonds. The molecule has 130 valence electrons. The molecule has 1 aromatic rings. The van der Waals surface area contributed by atoms with Gasteiger partial charge in [-0.1, -0.05) is 12.1 Å². The average Bonchev–Trinajstić information content (AvgIpc) is 2.90. The molecule has 0 aromatic heterocycles. The van der Waals surface area contributed by atoms with Crippen molar-refractivity contribution in [2.45, 2.75) is 44.6 Å². The van der Waals surface area contributed by atoms with Crippen molar-refractivity contribution in [3.8, 4) is 5.75 Å². The predicted molar refractivity (Wildman–Crippen MR) is 89.8 cm³/mol. The summed E-state index contributed by atoms with van der Waals surface area (Å²) in [5, 5.41) is 25.2. The topological polar surface area (TPSA) is 90.8 Å². The predicted octanol–water partition coefficient (Wildman–Crippen LogP) is 0.768. The van der Waals surface area contributed by atoms with E-state index in [0.29, 0.717) is 24.3 Å². The molecule has 1 fully saturated rings. The lowest BCUT2D eigenvalue weighted by Gasteiger charge is -2.16. The minimum Gasteiger partial charge on any atom is -0.491 e. The van der Waals surface area contributed by atoms with E-state index in [-0.39, 0.29) is 31.0 Å². The van der Waals surface area contributed by atoms with Gasteiger partial charge >= 0.3 is 0 Å². The molecule has 1 aliphatic heterocycles. The summed E-state index contributed by atoms with van der Waals surface area (Å²) in [6.07, 6.45) is -0.817. The van der Waals surface area contributed by atoms with Gasteiger partial charge in [0.1, 0.15) is 5.75 Å². The third-order valence-corrected chi connectivity index (χ3v) is 3.51. The molecule has 0 saturated carbocycles. The second kappa shape index (κ2) is 9.08. The quantitative estimate of drug-likeness (QED) is 0.612. The third kappa shape index (κ3) is 5.99. The Balaban J connectivity index is 0.00000264. The third-order valence-electron chi connectivity index (χ3n) is 3.51. The van der Waals surface area contributed by atoms with Crippen molar-refractivity contribution in [3.63, 3.8) is 0 Å². The lowest BCUT2D eigenvalue weighted by atomic mass is 10.1. The van der Waals surface area contributed by atoms with Gasteiger partial charge in [0.05, 0.1) is 24.4 Å². The Kier molecular flexibility index (Phi) is 7.78. The Bertz CT molecular complexity index is 513. The van der Waals surface area contributed by atoms with E-state index in [2.05, 4.69) is 10.6 Å². The number of aliphatic hydroxyl groups excluding tert-OH is 2. The number of hydrogen-bond donors (Lipinski definition) is 4. The summed E-state index contributed by atoms with van der Waals surface area (Å²) < 4.78 is 5.59. The van der Waals surface area contributed by atoms with Gasteiger partial charge < -0.3 is 25.6 Å². The molecule has 23 heavy (non-hydrogen) atoms. The van der Waals surface area contributed by atoms with Crippen molar-refractivity contribution < 1.29 is 19.7 Å². The van der Waals surface area contributed by atoms with Gasteiger partial charge in [-0.3, -0.25) is 4.79 Å². The minimum absolute atomic E-state index is 0. The van der Waals surface area contributed by atoms with Crippen LogP contribution in [0.3, 0.4) is 0 Å². The highest BCUT2D eigenvalue weighted by molar-refractivity contribution is 5.85. The SMILES string of the molecule is CC(C)Oc1cccc(C(O)CNC(=O)C2CC(O)CN2)c1.Cl. The summed E-state index contributed by atoms with van der Waals surface area (Å²) >= 11 is 0. The Morgan fingerprint density at radius 2 is 2.22 bits per heavy atom. The van der Waals surface area contributed by atoms with E-state index in [4.69, 9.17) is 4.74 Å². The van der Waals surface area contributed by atoms with E-state index < -0.39 is 18.2 Å². The summed E-state index contributed by atoms with van der Waals surface area (Å²) in [4.78, 5) is 11.9. The summed E-state index contributed by atoms with van der Waals surface area (Å²) in [7, 11) is 0. The summed E-state index contributed by atoms with van der Waals surface area (Å²) in [5.74, 6) is 0.489. The molecule has 1 aliphatic rings. The smallest absolute Gasteiger partial charge is 0.237 e. The van der Waals surface area contributed by atoms with E-state index in [1.807, 2.05) is 26.0 Å². The number of carbonyl (C=O) groups is 1. The monoisotopic (exact) mass is 344 g/mol. The van der Waals surface area contributed by atoms with E-state index in [1.54, 1.807) is 12.1 Å². The highest BCUT2D eigenvalue weighted by Crippen LogP contribution is 2.20. The number of β-amino-alcohol motifs (C(OH)–C–C–N with tert-alkyl or cyclic N) is 1. The van der Waals surface area contributed by atoms with Gasteiger partial charge in [-0.05, 0) is 38.0 Å². The maximum absolute atomic E-state index is 11.9. The van der Waals surface area contributed by atoms with Crippen LogP contribution in [0, 0.1) is 0 Å². The zero-order chi connectivity index (χ0) is 16.1. The Hall–Kier alpha value is -1.34. The van der Waals surface area contributed by atoms with Crippen molar-refractivity contribution in [3.05, 3.63) is 29.8 Å². The zero-order valence-electron chi connectivity index (χ0n) is 13.4. The first-order chi connectivity index (χ1) is 10.5. The van der Waals surface area contributed by atoms with Crippen LogP contribution >= 0.6 is 12.4 Å². The first kappa shape index (κ1) is 19.7. The van der Waals surface area contributed by atoms with E-state index in [9.17, 15) is 15.0 Å². The molecule has 1 saturated heterocycles. The largest absolute Gasteiger partial charge is 0.491 e. The molecule has 2 rings (SSSR count). The van der Waals surface area contributed by atoms with Crippen molar-refractivity contribution in [1.29, 1.82) is 0 Å². The molecule has 3 unspecified atom stereocenters. The van der Waals surface area contributed by atoms with Crippen LogP contribution in [0.2, 0.25) is 0 Å². The van der Waals surface area contributed by atoms with Gasteiger partial charge in [0, 0.05) is 13.1 Å². The standard InChI is InChI=1S/C16H24N2O4.ClH/c1-10(2)22-13-5-3-4-11(6-13)15(20)9-18-16(21)14-7-12(19)8-17-14;/h3-6,10,12,14-15,17,19-20H,7-9H2,1-2H3,(H,18,21);1H. The van der Waals surface area contributed by atoms with Gasteiger partial charge in [0.25, 0.3) is 0 Å². The normalized spacial score (nSPS) is 21.6. The van der Waals surface area contributed by atoms with Crippen LogP contribution in [-0.2, 0) is 4.79 Å². The van der Waals surface area contributed by atoms with Gasteiger partial charge in [-0.25, -0.2) is 0 Å². The van der Waals surface area contributed by atoms with Gasteiger partial charge in [-0.15, -0.1) is 12.4 Å². The Morgan fingerprint density at radius 1 is 1.48 bits per heavy atom. The lowest BCUT2D eigenvalue weighted by Crippen LogP contribution is -2.41. The molecular formula is C16H25ClN2O4. The summed E-state index contributed by atoms with van der Waals surface area (Å²) in [5.41, 5.74) is 0.692. The van der Waals surface area contributed by atoms with Crippen LogP contribution in [-0.4, -0.2) is 47.5 Å². The van der Waals surface area contributed by atoms with Gasteiger partial charge in [-0.2, -0.15) is 0 Å². The fraction of sp³-hybridized carbons (Fsp3) is 0.562. The molecule has 1 aromatic carbocycles. The lowest BCUT2D eigenvalue weighted by molar-refractivity contribution is -0.123. The Labute approximate surface area is 142 Å². The number of carbonyl (C=O) groups excluding carboxylic acids is 1. The van der Waals surface area contributed by atoms with Crippen LogP contribution in [0.5, 0.6) is 5.75 Å². The molecular weight excluding hydrogens is 320 g/mol. The molecule has 0 spiro atoms. The van der Waals surface area contributed by atoms with Crippen LogP contribution in [0.1, 0.15) is 31.9 Å². The van der Waals surface area contributed by atoms with Gasteiger partial charge in [0.15, 0.2) is 0 Å². The van der Waals surface area contributed by atoms with E-state index in [0.717, 1.165) is 0 Å². The van der Waals surface area contributed by atoms with Crippen molar-refractivity contribution in [2.24, 2.45) is 0 Å². The molecule has 4 N–H and O–H groups in total. The van der Waals surface area contributed by atoms with Crippen molar-refractivity contribution >= 4 is 18.3 Å². The Morgan fingerprint density at radius 3 is 2.83 bits per heavy atom. The van der Waals surface area contributed by atoms with Crippen LogP contribution in [0.25, 0.3) is 0 Å². The van der Waals surface area contributed by atoms with E-state index in [1.165, 1.54) is 0 Å². The first-order valence-electron chi connectivity index (χ1n) is 7.59. The number of nitrogens with one attached hydrogen (secondary N) is 2. The number of benzene rings is 1. The maximum Gasteiger partial charge on any atom is 0.237 e. The van der Waals surface area contributed by atoms with Crippen molar-refractivity contribution in [2.75, 3.05) is 13.1 Å². The van der Waals surface area contributed by atoms with Crippen LogP contribution in [0.15, 0.2) is 24.3 Å². The van der Waals surface area contributed by atoms with E-state index >= 15 is 0 Å². The number of halogens is 1. The first-order valence-corrected chi connectivity index (χ1v) is 7.59. The molecule has 3 atom stereocenters. The fourth-order valence-electron chi connectivity index (χ4n) is 2.42. The highest BCUT2D eigenvalue weighted by atomic mass is 35.5. The summed E-state index contributed by atoms with van der Waals surface area (Å²) in [6, 6.07) is 6.82. The number of hydrogen-bond acceptors (Lipinski definition) is 5. The zero-order valence-corrected chi connectivity index (χ0v) is 14.2. The number of amides is 1. The maximum atomic E-state index is 11.9. The highest BCUT2D eigenvalue weighted by Gasteiger charge is 2.28. The van der Waals surface area contributed by atoms with Crippen molar-refractivity contribution in [1.82, 2.24) is 10.6 Å². The molecule has 7 heteroatoms. The molecule has 6 nitrogen and oxygen atoms in total. The molecule has 1 heterocycles. The molecule has 0 radical (unpaired) electrons. The molecule has 0 aliphatic carbocycles. The number of rotatable bonds is 6. The second-order valence-corrected chi connectivity index (χ2v) is 5.85.